The summed E-state index contributed by atoms with van der Waals surface area (Å²) in [6.07, 6.45) is 1.03. The molecule has 0 aliphatic carbocycles. The topological polar surface area (TPSA) is 29.5 Å². The normalized spacial score (nSPS) is 22.0. The molecule has 1 aliphatic heterocycles. The second kappa shape index (κ2) is 3.34. The summed E-state index contributed by atoms with van der Waals surface area (Å²) in [5, 5.41) is 8.76. The first-order valence-electron chi connectivity index (χ1n) is 3.01. The van der Waals surface area contributed by atoms with Gasteiger partial charge in [0, 0.05) is 16.4 Å². The molecule has 0 aromatic heterocycles. The zero-order chi connectivity index (χ0) is 6.04. The van der Waals surface area contributed by atoms with Crippen LogP contribution in [0.4, 0.5) is 0 Å². The van der Waals surface area contributed by atoms with Crippen LogP contribution in [-0.2, 0) is 4.74 Å². The van der Waals surface area contributed by atoms with Crippen LogP contribution in [0.2, 0.25) is 0 Å². The van der Waals surface area contributed by atoms with E-state index in [1.165, 1.54) is 0 Å². The lowest BCUT2D eigenvalue weighted by Gasteiger charge is -2.38. The summed E-state index contributed by atoms with van der Waals surface area (Å²) in [4.78, 5) is 0. The zero-order valence-electron chi connectivity index (χ0n) is 5.68. The van der Waals surface area contributed by atoms with Gasteiger partial charge in [-0.05, 0) is 6.42 Å². The zero-order valence-corrected chi connectivity index (χ0v) is 6.68. The number of ether oxygens (including phenoxy) is 1. The maximum absolute atomic E-state index is 8.76. The van der Waals surface area contributed by atoms with Gasteiger partial charge in [-0.15, -0.1) is 0 Å². The Bertz CT molecular complexity index is 67.6. The molecule has 0 amide bonds. The van der Waals surface area contributed by atoms with Gasteiger partial charge in [-0.1, -0.05) is 6.92 Å². The molecule has 1 heterocycles. The maximum atomic E-state index is 8.76. The highest BCUT2D eigenvalue weighted by Gasteiger charge is 2.35. The Hall–Kier alpha value is 0.137. The van der Waals surface area contributed by atoms with Gasteiger partial charge in [0.05, 0.1) is 19.8 Å². The summed E-state index contributed by atoms with van der Waals surface area (Å²) < 4.78 is 4.96. The molecule has 0 bridgehead atoms. The molecule has 3 heteroatoms. The molecule has 0 aromatic rings. The smallest absolute Gasteiger partial charge is 0.0566 e. The van der Waals surface area contributed by atoms with Crippen LogP contribution >= 0.6 is 0 Å². The van der Waals surface area contributed by atoms with E-state index in [1.54, 1.807) is 0 Å². The monoisotopic (exact) mass is 144 g/mol. The van der Waals surface area contributed by atoms with Gasteiger partial charge >= 0.3 is 0 Å². The van der Waals surface area contributed by atoms with Crippen LogP contribution in [0.3, 0.4) is 0 Å². The first kappa shape index (κ1) is 9.14. The molecule has 0 spiro atoms. The van der Waals surface area contributed by atoms with Crippen LogP contribution in [0, 0.1) is 5.41 Å². The second-order valence-corrected chi connectivity index (χ2v) is 2.50. The van der Waals surface area contributed by atoms with Crippen molar-refractivity contribution in [3.63, 3.8) is 0 Å². The SMILES string of the molecule is CCC1(CO)COC1.[Si]. The fraction of sp³-hybridized carbons (Fsp3) is 1.00. The number of aliphatic hydroxyl groups is 1. The quantitative estimate of drug-likeness (QED) is 0.554. The highest BCUT2D eigenvalue weighted by molar-refractivity contribution is 5.75. The fourth-order valence-corrected chi connectivity index (χ4v) is 0.798. The number of hydrogen-bond acceptors (Lipinski definition) is 2. The van der Waals surface area contributed by atoms with Crippen LogP contribution in [0.25, 0.3) is 0 Å². The Kier molecular flexibility index (Phi) is 3.39. The number of aliphatic hydroxyl groups excluding tert-OH is 1. The van der Waals surface area contributed by atoms with Crippen molar-refractivity contribution in [1.82, 2.24) is 0 Å². The van der Waals surface area contributed by atoms with Crippen molar-refractivity contribution >= 4 is 11.0 Å². The van der Waals surface area contributed by atoms with Crippen LogP contribution in [0.15, 0.2) is 0 Å². The van der Waals surface area contributed by atoms with Gasteiger partial charge < -0.3 is 9.84 Å². The minimum absolute atomic E-state index is 0. The molecule has 0 unspecified atom stereocenters. The fourth-order valence-electron chi connectivity index (χ4n) is 0.798. The summed E-state index contributed by atoms with van der Waals surface area (Å²) in [7, 11) is 0. The summed E-state index contributed by atoms with van der Waals surface area (Å²) in [6.45, 7) is 3.86. The van der Waals surface area contributed by atoms with E-state index in [4.69, 9.17) is 9.84 Å². The van der Waals surface area contributed by atoms with Crippen LogP contribution in [0.5, 0.6) is 0 Å². The Balaban J connectivity index is 0.000000640. The van der Waals surface area contributed by atoms with Crippen molar-refractivity contribution in [3.05, 3.63) is 0 Å². The first-order chi connectivity index (χ1) is 3.83. The van der Waals surface area contributed by atoms with E-state index in [0.717, 1.165) is 19.6 Å². The van der Waals surface area contributed by atoms with Gasteiger partial charge in [-0.3, -0.25) is 0 Å². The molecule has 1 aliphatic rings. The van der Waals surface area contributed by atoms with E-state index in [0.29, 0.717) is 0 Å². The average molecular weight is 144 g/mol. The highest BCUT2D eigenvalue weighted by Crippen LogP contribution is 2.29. The summed E-state index contributed by atoms with van der Waals surface area (Å²) in [5.74, 6) is 0. The van der Waals surface area contributed by atoms with Crippen molar-refractivity contribution in [3.8, 4) is 0 Å². The van der Waals surface area contributed by atoms with E-state index in [9.17, 15) is 0 Å². The van der Waals surface area contributed by atoms with Crippen molar-refractivity contribution in [2.24, 2.45) is 5.41 Å². The third-order valence-corrected chi connectivity index (χ3v) is 1.90. The lowest BCUT2D eigenvalue weighted by Crippen LogP contribution is -2.44. The highest BCUT2D eigenvalue weighted by atomic mass is 28.1. The minimum Gasteiger partial charge on any atom is -0.396 e. The van der Waals surface area contributed by atoms with E-state index in [1.807, 2.05) is 0 Å². The molecule has 52 valence electrons. The maximum Gasteiger partial charge on any atom is 0.0566 e. The molecule has 1 saturated heterocycles. The second-order valence-electron chi connectivity index (χ2n) is 2.50. The van der Waals surface area contributed by atoms with Crippen LogP contribution < -0.4 is 0 Å². The molecule has 1 fully saturated rings. The summed E-state index contributed by atoms with van der Waals surface area (Å²) in [6, 6.07) is 0. The van der Waals surface area contributed by atoms with Crippen LogP contribution in [0.1, 0.15) is 13.3 Å². The predicted molar refractivity (Wildman–Crippen MR) is 36.4 cm³/mol. The van der Waals surface area contributed by atoms with Gasteiger partial charge in [0.1, 0.15) is 0 Å². The third-order valence-electron chi connectivity index (χ3n) is 1.90. The molecule has 1 rings (SSSR count). The van der Waals surface area contributed by atoms with Crippen molar-refractivity contribution in [2.75, 3.05) is 19.8 Å². The molecular formula is C6H12O2Si. The number of hydrogen-bond donors (Lipinski definition) is 1. The van der Waals surface area contributed by atoms with Gasteiger partial charge in [-0.25, -0.2) is 0 Å². The Morgan fingerprint density at radius 2 is 2.11 bits per heavy atom. The number of rotatable bonds is 2. The van der Waals surface area contributed by atoms with Crippen molar-refractivity contribution in [2.45, 2.75) is 13.3 Å². The van der Waals surface area contributed by atoms with Crippen molar-refractivity contribution in [1.29, 1.82) is 0 Å². The van der Waals surface area contributed by atoms with E-state index >= 15 is 0 Å². The van der Waals surface area contributed by atoms with Gasteiger partial charge in [-0.2, -0.15) is 0 Å². The standard InChI is InChI=1S/C6H12O2.Si/c1-2-6(3-7)4-8-5-6;/h7H,2-5H2,1H3;. The van der Waals surface area contributed by atoms with Gasteiger partial charge in [0.2, 0.25) is 0 Å². The van der Waals surface area contributed by atoms with Gasteiger partial charge in [0.25, 0.3) is 0 Å². The Morgan fingerprint density at radius 1 is 1.56 bits per heavy atom. The summed E-state index contributed by atoms with van der Waals surface area (Å²) >= 11 is 0. The average Bonchev–Trinajstić information content (AvgIpc) is 1.67. The van der Waals surface area contributed by atoms with Crippen LogP contribution in [-0.4, -0.2) is 35.9 Å². The third kappa shape index (κ3) is 1.53. The lowest BCUT2D eigenvalue weighted by atomic mass is 9.84. The molecule has 9 heavy (non-hydrogen) atoms. The van der Waals surface area contributed by atoms with Crippen molar-refractivity contribution < 1.29 is 9.84 Å². The van der Waals surface area contributed by atoms with E-state index < -0.39 is 0 Å². The molecule has 0 saturated carbocycles. The first-order valence-corrected chi connectivity index (χ1v) is 3.01. The van der Waals surface area contributed by atoms with Gasteiger partial charge in [0.15, 0.2) is 0 Å². The molecular weight excluding hydrogens is 132 g/mol. The van der Waals surface area contributed by atoms with E-state index in [-0.39, 0.29) is 23.0 Å². The predicted octanol–water partition coefficient (Wildman–Crippen LogP) is 0.0245. The molecule has 2 nitrogen and oxygen atoms in total. The Morgan fingerprint density at radius 3 is 2.11 bits per heavy atom. The lowest BCUT2D eigenvalue weighted by molar-refractivity contribution is -0.138. The molecule has 0 atom stereocenters. The molecule has 4 radical (unpaired) electrons. The van der Waals surface area contributed by atoms with E-state index in [2.05, 4.69) is 6.92 Å². The minimum atomic E-state index is 0. The largest absolute Gasteiger partial charge is 0.396 e. The Labute approximate surface area is 60.2 Å². The summed E-state index contributed by atoms with van der Waals surface area (Å²) in [5.41, 5.74) is 0.139. The molecule has 0 aromatic carbocycles. The molecule has 1 N–H and O–H groups in total.